The largest absolute Gasteiger partial charge is 0.504 e. The van der Waals surface area contributed by atoms with Crippen molar-refractivity contribution in [2.45, 2.75) is 41.0 Å². The maximum atomic E-state index is 9.74. The molecule has 0 aromatic heterocycles. The highest BCUT2D eigenvalue weighted by Crippen LogP contribution is 2.39. The van der Waals surface area contributed by atoms with Gasteiger partial charge in [-0.15, -0.1) is 0 Å². The quantitative estimate of drug-likeness (QED) is 0.860. The molecule has 0 fully saturated rings. The van der Waals surface area contributed by atoms with Crippen molar-refractivity contribution in [1.82, 2.24) is 0 Å². The monoisotopic (exact) mass is 242 g/mol. The van der Waals surface area contributed by atoms with Gasteiger partial charge in [-0.25, -0.2) is 0 Å². The van der Waals surface area contributed by atoms with Gasteiger partial charge < -0.3 is 14.6 Å². The molecule has 3 heteroatoms. The first-order chi connectivity index (χ1) is 7.13. The second-order valence-corrected chi connectivity index (χ2v) is 3.58. The van der Waals surface area contributed by atoms with Crippen LogP contribution in [-0.4, -0.2) is 19.3 Å². The van der Waals surface area contributed by atoms with Crippen LogP contribution in [-0.2, 0) is 0 Å². The molecule has 0 radical (unpaired) electrons. The SMILES string of the molecule is C.C.CCC(C)c1cc(O)c(OC)c(OC)c1. The summed E-state index contributed by atoms with van der Waals surface area (Å²) in [7, 11) is 3.08. The maximum absolute atomic E-state index is 9.74. The van der Waals surface area contributed by atoms with Crippen LogP contribution in [0.5, 0.6) is 17.2 Å². The van der Waals surface area contributed by atoms with E-state index < -0.39 is 0 Å². The predicted octanol–water partition coefficient (Wildman–Crippen LogP) is 4.20. The Labute approximate surface area is 105 Å². The number of aromatic hydroxyl groups is 1. The Morgan fingerprint density at radius 3 is 2.18 bits per heavy atom. The van der Waals surface area contributed by atoms with Crippen LogP contribution in [0.15, 0.2) is 12.1 Å². The smallest absolute Gasteiger partial charge is 0.203 e. The summed E-state index contributed by atoms with van der Waals surface area (Å²) in [4.78, 5) is 0. The van der Waals surface area contributed by atoms with Gasteiger partial charge in [0.25, 0.3) is 0 Å². The van der Waals surface area contributed by atoms with Crippen molar-refractivity contribution in [2.75, 3.05) is 14.2 Å². The number of ether oxygens (including phenoxy) is 2. The van der Waals surface area contributed by atoms with E-state index in [1.54, 1.807) is 13.2 Å². The molecule has 0 bridgehead atoms. The van der Waals surface area contributed by atoms with Crippen LogP contribution in [0.4, 0.5) is 0 Å². The van der Waals surface area contributed by atoms with E-state index in [2.05, 4.69) is 13.8 Å². The summed E-state index contributed by atoms with van der Waals surface area (Å²) < 4.78 is 10.2. The lowest BCUT2D eigenvalue weighted by Crippen LogP contribution is -1.96. The van der Waals surface area contributed by atoms with E-state index in [1.807, 2.05) is 6.07 Å². The van der Waals surface area contributed by atoms with Gasteiger partial charge in [-0.1, -0.05) is 28.7 Å². The molecule has 1 atom stereocenters. The van der Waals surface area contributed by atoms with Crippen LogP contribution in [0.3, 0.4) is 0 Å². The third-order valence-electron chi connectivity index (χ3n) is 2.66. The first-order valence-electron chi connectivity index (χ1n) is 5.08. The summed E-state index contributed by atoms with van der Waals surface area (Å²) in [6.45, 7) is 4.22. The minimum Gasteiger partial charge on any atom is -0.504 e. The molecule has 1 N–H and O–H groups in total. The summed E-state index contributed by atoms with van der Waals surface area (Å²) in [5, 5.41) is 9.74. The van der Waals surface area contributed by atoms with Crippen LogP contribution >= 0.6 is 0 Å². The van der Waals surface area contributed by atoms with E-state index in [0.29, 0.717) is 17.4 Å². The van der Waals surface area contributed by atoms with Crippen LogP contribution < -0.4 is 9.47 Å². The molecule has 3 nitrogen and oxygen atoms in total. The fourth-order valence-corrected chi connectivity index (χ4v) is 1.49. The minimum atomic E-state index is 0. The van der Waals surface area contributed by atoms with Gasteiger partial charge in [0.2, 0.25) is 5.75 Å². The molecular formula is C14H26O3. The van der Waals surface area contributed by atoms with Crippen molar-refractivity contribution in [3.8, 4) is 17.2 Å². The van der Waals surface area contributed by atoms with Crippen molar-refractivity contribution in [2.24, 2.45) is 0 Å². The van der Waals surface area contributed by atoms with Crippen molar-refractivity contribution in [3.05, 3.63) is 17.7 Å². The van der Waals surface area contributed by atoms with Crippen molar-refractivity contribution < 1.29 is 14.6 Å². The highest BCUT2D eigenvalue weighted by Gasteiger charge is 2.13. The van der Waals surface area contributed by atoms with Gasteiger partial charge in [-0.2, -0.15) is 0 Å². The number of methoxy groups -OCH3 is 2. The standard InChI is InChI=1S/C12H18O3.2CH4/c1-5-8(2)9-6-10(13)12(15-4)11(7-9)14-3;;/h6-8,13H,5H2,1-4H3;2*1H4. The zero-order chi connectivity index (χ0) is 11.4. The Bertz CT molecular complexity index is 334. The van der Waals surface area contributed by atoms with Crippen LogP contribution in [0.25, 0.3) is 0 Å². The van der Waals surface area contributed by atoms with Gasteiger partial charge in [0.1, 0.15) is 0 Å². The van der Waals surface area contributed by atoms with Gasteiger partial charge in [0, 0.05) is 0 Å². The summed E-state index contributed by atoms with van der Waals surface area (Å²) in [5.41, 5.74) is 1.06. The third kappa shape index (κ3) is 3.84. The van der Waals surface area contributed by atoms with Crippen LogP contribution in [0.1, 0.15) is 46.6 Å². The Hall–Kier alpha value is -1.38. The number of phenolic OH excluding ortho intramolecular Hbond substituents is 1. The molecule has 0 aliphatic heterocycles. The third-order valence-corrected chi connectivity index (χ3v) is 2.66. The molecule has 100 valence electrons. The summed E-state index contributed by atoms with van der Waals surface area (Å²) in [5.74, 6) is 1.50. The lowest BCUT2D eigenvalue weighted by Gasteiger charge is -2.14. The first kappa shape index (κ1) is 18.0. The highest BCUT2D eigenvalue weighted by molar-refractivity contribution is 5.53. The van der Waals surface area contributed by atoms with Gasteiger partial charge in [0.15, 0.2) is 11.5 Å². The second-order valence-electron chi connectivity index (χ2n) is 3.58. The number of phenols is 1. The van der Waals surface area contributed by atoms with Gasteiger partial charge in [-0.05, 0) is 30.0 Å². The molecule has 1 aromatic carbocycles. The molecule has 0 aliphatic rings. The Kier molecular flexibility index (Phi) is 8.28. The van der Waals surface area contributed by atoms with E-state index in [1.165, 1.54) is 7.11 Å². The molecule has 1 aromatic rings. The predicted molar refractivity (Wildman–Crippen MR) is 73.4 cm³/mol. The number of rotatable bonds is 4. The van der Waals surface area contributed by atoms with E-state index in [0.717, 1.165) is 12.0 Å². The lowest BCUT2D eigenvalue weighted by molar-refractivity contribution is 0.332. The highest BCUT2D eigenvalue weighted by atomic mass is 16.5. The molecular weight excluding hydrogens is 216 g/mol. The number of hydrogen-bond donors (Lipinski definition) is 1. The molecule has 0 saturated carbocycles. The molecule has 0 amide bonds. The number of benzene rings is 1. The van der Waals surface area contributed by atoms with Crippen molar-refractivity contribution in [1.29, 1.82) is 0 Å². The lowest BCUT2D eigenvalue weighted by atomic mass is 9.98. The van der Waals surface area contributed by atoms with Crippen LogP contribution in [0.2, 0.25) is 0 Å². The van der Waals surface area contributed by atoms with Gasteiger partial charge >= 0.3 is 0 Å². The van der Waals surface area contributed by atoms with E-state index in [9.17, 15) is 5.11 Å². The average molecular weight is 242 g/mol. The molecule has 0 saturated heterocycles. The van der Waals surface area contributed by atoms with Gasteiger partial charge in [-0.3, -0.25) is 0 Å². The van der Waals surface area contributed by atoms with E-state index >= 15 is 0 Å². The molecule has 0 aliphatic carbocycles. The summed E-state index contributed by atoms with van der Waals surface area (Å²) in [6, 6.07) is 3.64. The normalized spacial score (nSPS) is 10.8. The molecule has 0 heterocycles. The topological polar surface area (TPSA) is 38.7 Å². The Morgan fingerprint density at radius 1 is 1.18 bits per heavy atom. The van der Waals surface area contributed by atoms with Crippen molar-refractivity contribution in [3.63, 3.8) is 0 Å². The molecule has 17 heavy (non-hydrogen) atoms. The zero-order valence-electron chi connectivity index (χ0n) is 9.70. The average Bonchev–Trinajstić information content (AvgIpc) is 2.26. The minimum absolute atomic E-state index is 0. The fourth-order valence-electron chi connectivity index (χ4n) is 1.49. The zero-order valence-corrected chi connectivity index (χ0v) is 9.70. The Balaban J connectivity index is 0. The molecule has 0 spiro atoms. The maximum Gasteiger partial charge on any atom is 0.203 e. The van der Waals surface area contributed by atoms with Gasteiger partial charge in [0.05, 0.1) is 14.2 Å². The van der Waals surface area contributed by atoms with E-state index in [-0.39, 0.29) is 20.6 Å². The second kappa shape index (κ2) is 7.82. The molecule has 1 rings (SSSR count). The summed E-state index contributed by atoms with van der Waals surface area (Å²) >= 11 is 0. The molecule has 1 unspecified atom stereocenters. The first-order valence-corrected chi connectivity index (χ1v) is 5.08. The Morgan fingerprint density at radius 2 is 1.76 bits per heavy atom. The fraction of sp³-hybridized carbons (Fsp3) is 0.571. The number of hydrogen-bond acceptors (Lipinski definition) is 3. The van der Waals surface area contributed by atoms with Crippen LogP contribution in [0, 0.1) is 0 Å². The van der Waals surface area contributed by atoms with E-state index in [4.69, 9.17) is 9.47 Å². The van der Waals surface area contributed by atoms with Crippen molar-refractivity contribution >= 4 is 0 Å². The summed E-state index contributed by atoms with van der Waals surface area (Å²) in [6.07, 6.45) is 1.02.